The number of rotatable bonds is 6. The van der Waals surface area contributed by atoms with Crippen molar-refractivity contribution in [1.29, 1.82) is 0 Å². The summed E-state index contributed by atoms with van der Waals surface area (Å²) in [5, 5.41) is 10.3. The molecule has 6 heteroatoms. The largest absolute Gasteiger partial charge is 0.396 e. The quantitative estimate of drug-likeness (QED) is 0.479. The Morgan fingerprint density at radius 2 is 1.92 bits per heavy atom. The Hall–Kier alpha value is -0.360. The van der Waals surface area contributed by atoms with E-state index in [0.717, 1.165) is 0 Å². The number of nitrogens with one attached hydrogen (secondary N) is 1. The topological polar surface area (TPSA) is 32.3 Å². The maximum absolute atomic E-state index is 12.1. The van der Waals surface area contributed by atoms with Gasteiger partial charge in [0.15, 0.2) is 0 Å². The minimum atomic E-state index is -3.98. The van der Waals surface area contributed by atoms with Gasteiger partial charge in [-0.15, -0.1) is 0 Å². The molecule has 74 valence electrons. The van der Waals surface area contributed by atoms with Gasteiger partial charge in [-0.3, -0.25) is 0 Å². The Bertz CT molecular complexity index is 120. The summed E-state index contributed by atoms with van der Waals surface area (Å²) in [7, 11) is 0. The van der Waals surface area contributed by atoms with Crippen LogP contribution in [-0.2, 0) is 0 Å². The highest BCUT2D eigenvalue weighted by Gasteiger charge is 2.39. The maximum atomic E-state index is 12.1. The van der Waals surface area contributed by atoms with Gasteiger partial charge in [-0.25, -0.2) is 8.78 Å². The fourth-order valence-electron chi connectivity index (χ4n) is 0.536. The van der Waals surface area contributed by atoms with Crippen molar-refractivity contribution in [1.82, 2.24) is 5.32 Å². The molecule has 0 aliphatic heterocycles. The first-order valence-electron chi connectivity index (χ1n) is 3.48. The summed E-state index contributed by atoms with van der Waals surface area (Å²) in [5.41, 5.74) is 0. The molecule has 0 spiro atoms. The monoisotopic (exact) mass is 189 g/mol. The zero-order valence-corrected chi connectivity index (χ0v) is 6.36. The van der Waals surface area contributed by atoms with Crippen LogP contribution in [0, 0.1) is 0 Å². The molecule has 0 atom stereocenters. The molecule has 0 aromatic carbocycles. The molecule has 2 N–H and O–H groups in total. The van der Waals surface area contributed by atoms with Crippen LogP contribution >= 0.6 is 0 Å². The number of aliphatic hydroxyl groups excluding tert-OH is 1. The van der Waals surface area contributed by atoms with E-state index in [9.17, 15) is 17.6 Å². The molecule has 0 heterocycles. The molecule has 0 rings (SSSR count). The first-order chi connectivity index (χ1) is 5.50. The van der Waals surface area contributed by atoms with E-state index in [4.69, 9.17) is 5.11 Å². The lowest BCUT2D eigenvalue weighted by atomic mass is 10.3. The van der Waals surface area contributed by atoms with Crippen LogP contribution in [0.2, 0.25) is 0 Å². The number of aliphatic hydroxyl groups is 1. The van der Waals surface area contributed by atoms with Gasteiger partial charge in [-0.1, -0.05) is 0 Å². The second-order valence-electron chi connectivity index (χ2n) is 2.32. The summed E-state index contributed by atoms with van der Waals surface area (Å²) < 4.78 is 47.2. The summed E-state index contributed by atoms with van der Waals surface area (Å²) in [6.45, 7) is -1.09. The lowest BCUT2D eigenvalue weighted by Crippen LogP contribution is -2.39. The zero-order chi connectivity index (χ0) is 9.61. The van der Waals surface area contributed by atoms with Gasteiger partial charge in [0.05, 0.1) is 6.54 Å². The van der Waals surface area contributed by atoms with Crippen molar-refractivity contribution in [3.63, 3.8) is 0 Å². The number of hydrogen-bond acceptors (Lipinski definition) is 2. The van der Waals surface area contributed by atoms with E-state index in [1.807, 2.05) is 0 Å². The zero-order valence-electron chi connectivity index (χ0n) is 6.36. The summed E-state index contributed by atoms with van der Waals surface area (Å²) in [6, 6.07) is 0. The van der Waals surface area contributed by atoms with Crippen LogP contribution in [0.15, 0.2) is 0 Å². The van der Waals surface area contributed by atoms with Crippen molar-refractivity contribution in [3.8, 4) is 0 Å². The Morgan fingerprint density at radius 3 is 2.33 bits per heavy atom. The summed E-state index contributed by atoms with van der Waals surface area (Å²) in [4.78, 5) is 0. The highest BCUT2D eigenvalue weighted by Crippen LogP contribution is 2.21. The third-order valence-electron chi connectivity index (χ3n) is 1.19. The average Bonchev–Trinajstić information content (AvgIpc) is 1.98. The van der Waals surface area contributed by atoms with Crippen LogP contribution in [0.3, 0.4) is 0 Å². The van der Waals surface area contributed by atoms with Crippen LogP contribution in [0.1, 0.15) is 6.42 Å². The van der Waals surface area contributed by atoms with Crippen LogP contribution in [-0.4, -0.2) is 37.2 Å². The lowest BCUT2D eigenvalue weighted by Gasteiger charge is -2.15. The predicted molar refractivity (Wildman–Crippen MR) is 35.5 cm³/mol. The van der Waals surface area contributed by atoms with Gasteiger partial charge in [0, 0.05) is 6.61 Å². The fourth-order valence-corrected chi connectivity index (χ4v) is 0.536. The molecule has 0 saturated heterocycles. The van der Waals surface area contributed by atoms with E-state index >= 15 is 0 Å². The molecule has 2 nitrogen and oxygen atoms in total. The average molecular weight is 189 g/mol. The fraction of sp³-hybridized carbons (Fsp3) is 1.00. The van der Waals surface area contributed by atoms with E-state index in [1.54, 1.807) is 0 Å². The van der Waals surface area contributed by atoms with E-state index < -0.39 is 18.9 Å². The van der Waals surface area contributed by atoms with Crippen LogP contribution in [0.25, 0.3) is 0 Å². The molecule has 0 aliphatic rings. The number of hydrogen-bond donors (Lipinski definition) is 2. The third-order valence-corrected chi connectivity index (χ3v) is 1.19. The summed E-state index contributed by atoms with van der Waals surface area (Å²) in [5.74, 6) is -3.98. The van der Waals surface area contributed by atoms with E-state index in [-0.39, 0.29) is 19.6 Å². The molecule has 0 aliphatic carbocycles. The van der Waals surface area contributed by atoms with E-state index in [2.05, 4.69) is 5.32 Å². The van der Waals surface area contributed by atoms with Gasteiger partial charge in [-0.05, 0) is 13.0 Å². The minimum absolute atomic E-state index is 0.110. The van der Waals surface area contributed by atoms with Crippen molar-refractivity contribution in [2.45, 2.75) is 18.8 Å². The first-order valence-corrected chi connectivity index (χ1v) is 3.48. The first kappa shape index (κ1) is 11.6. The molecule has 0 amide bonds. The SMILES string of the molecule is OCCCNCC(F)(F)C(F)F. The van der Waals surface area contributed by atoms with E-state index in [0.29, 0.717) is 0 Å². The smallest absolute Gasteiger partial charge is 0.319 e. The molecule has 0 fully saturated rings. The van der Waals surface area contributed by atoms with Gasteiger partial charge in [0.2, 0.25) is 0 Å². The minimum Gasteiger partial charge on any atom is -0.396 e. The van der Waals surface area contributed by atoms with Gasteiger partial charge >= 0.3 is 12.3 Å². The predicted octanol–water partition coefficient (Wildman–Crippen LogP) is 0.859. The van der Waals surface area contributed by atoms with Crippen LogP contribution < -0.4 is 5.32 Å². The molecular weight excluding hydrogens is 178 g/mol. The normalized spacial score (nSPS) is 12.5. The Labute approximate surface area is 67.6 Å². The second kappa shape index (κ2) is 5.31. The highest BCUT2D eigenvalue weighted by molar-refractivity contribution is 4.71. The number of halogens is 4. The third kappa shape index (κ3) is 4.50. The summed E-state index contributed by atoms with van der Waals surface area (Å²) >= 11 is 0. The molecule has 0 bridgehead atoms. The van der Waals surface area contributed by atoms with Crippen molar-refractivity contribution in [3.05, 3.63) is 0 Å². The maximum Gasteiger partial charge on any atom is 0.319 e. The van der Waals surface area contributed by atoms with Crippen LogP contribution in [0.4, 0.5) is 17.6 Å². The molecule has 0 radical (unpaired) electrons. The van der Waals surface area contributed by atoms with Gasteiger partial charge in [-0.2, -0.15) is 8.78 Å². The Balaban J connectivity index is 3.47. The number of alkyl halides is 4. The van der Waals surface area contributed by atoms with E-state index in [1.165, 1.54) is 0 Å². The van der Waals surface area contributed by atoms with Gasteiger partial charge < -0.3 is 10.4 Å². The van der Waals surface area contributed by atoms with Crippen molar-refractivity contribution in [2.24, 2.45) is 0 Å². The van der Waals surface area contributed by atoms with Crippen molar-refractivity contribution >= 4 is 0 Å². The Morgan fingerprint density at radius 1 is 1.33 bits per heavy atom. The standard InChI is InChI=1S/C6H11F4NO/c7-5(8)6(9,10)4-11-2-1-3-12/h5,11-12H,1-4H2. The van der Waals surface area contributed by atoms with Gasteiger partial charge in [0.1, 0.15) is 0 Å². The Kier molecular flexibility index (Phi) is 5.16. The lowest BCUT2D eigenvalue weighted by molar-refractivity contribution is -0.125. The molecule has 0 saturated carbocycles. The molecular formula is C6H11F4NO. The van der Waals surface area contributed by atoms with Crippen molar-refractivity contribution in [2.75, 3.05) is 19.7 Å². The van der Waals surface area contributed by atoms with Gasteiger partial charge in [0.25, 0.3) is 0 Å². The molecule has 0 aromatic heterocycles. The van der Waals surface area contributed by atoms with Crippen molar-refractivity contribution < 1.29 is 22.7 Å². The summed E-state index contributed by atoms with van der Waals surface area (Å²) in [6.07, 6.45) is -3.36. The molecule has 0 aromatic rings. The molecule has 0 unspecified atom stereocenters. The van der Waals surface area contributed by atoms with Crippen LogP contribution in [0.5, 0.6) is 0 Å². The molecule has 12 heavy (non-hydrogen) atoms. The highest BCUT2D eigenvalue weighted by atomic mass is 19.3. The second-order valence-corrected chi connectivity index (χ2v) is 2.32.